The Bertz CT molecular complexity index is 325. The van der Waals surface area contributed by atoms with Gasteiger partial charge in [-0.25, -0.2) is 9.79 Å². The van der Waals surface area contributed by atoms with Crippen LogP contribution in [0.15, 0.2) is 23.5 Å². The maximum Gasteiger partial charge on any atom is 0.300 e. The zero-order valence-electron chi connectivity index (χ0n) is 9.53. The molecule has 2 aliphatic carbocycles. The predicted octanol–water partition coefficient (Wildman–Crippen LogP) is 3.10. The molecule has 2 N–H and O–H groups in total. The SMILES string of the molecule is C=C(CC1CC1)C[P+](O)(O)C1=CC1(C)C. The van der Waals surface area contributed by atoms with Gasteiger partial charge in [-0.2, -0.15) is 0 Å². The minimum Gasteiger partial charge on any atom is -0.215 e. The van der Waals surface area contributed by atoms with Crippen molar-refractivity contribution < 1.29 is 9.79 Å². The van der Waals surface area contributed by atoms with E-state index in [0.717, 1.165) is 23.2 Å². The molecule has 0 aromatic heterocycles. The minimum absolute atomic E-state index is 0.0584. The standard InChI is InChI=1S/C12H20O2P/c1-9(6-10-4-5-10)8-15(13,14)11-7-12(11,2)3/h7,10,13-14H,1,4-6,8H2,2-3H3/q+1. The van der Waals surface area contributed by atoms with Crippen LogP contribution in [0.1, 0.15) is 33.1 Å². The number of rotatable bonds is 5. The van der Waals surface area contributed by atoms with Crippen LogP contribution in [0.25, 0.3) is 0 Å². The maximum absolute atomic E-state index is 10.0. The summed E-state index contributed by atoms with van der Waals surface area (Å²) in [7, 11) is -2.85. The van der Waals surface area contributed by atoms with E-state index in [1.807, 2.05) is 19.9 Å². The van der Waals surface area contributed by atoms with Gasteiger partial charge in [0.15, 0.2) is 0 Å². The van der Waals surface area contributed by atoms with Crippen molar-refractivity contribution in [3.63, 3.8) is 0 Å². The summed E-state index contributed by atoms with van der Waals surface area (Å²) in [4.78, 5) is 20.1. The van der Waals surface area contributed by atoms with E-state index in [4.69, 9.17) is 0 Å². The first-order valence-corrected chi connectivity index (χ1v) is 7.43. The van der Waals surface area contributed by atoms with Crippen LogP contribution in [0.3, 0.4) is 0 Å². The first-order chi connectivity index (χ1) is 6.81. The molecule has 1 fully saturated rings. The molecule has 0 atom stereocenters. The topological polar surface area (TPSA) is 40.5 Å². The summed E-state index contributed by atoms with van der Waals surface area (Å²) in [5.41, 5.74) is 0.955. The highest BCUT2D eigenvalue weighted by molar-refractivity contribution is 7.69. The molecule has 2 nitrogen and oxygen atoms in total. The molecule has 0 spiro atoms. The molecular weight excluding hydrogens is 207 g/mol. The molecule has 0 aliphatic heterocycles. The zero-order valence-corrected chi connectivity index (χ0v) is 10.4. The van der Waals surface area contributed by atoms with Crippen molar-refractivity contribution in [3.8, 4) is 0 Å². The molecule has 0 aromatic carbocycles. The fourth-order valence-electron chi connectivity index (χ4n) is 2.06. The third kappa shape index (κ3) is 2.69. The van der Waals surface area contributed by atoms with Gasteiger partial charge < -0.3 is 0 Å². The van der Waals surface area contributed by atoms with Gasteiger partial charge in [-0.05, 0) is 50.7 Å². The highest BCUT2D eigenvalue weighted by atomic mass is 31.2. The third-order valence-corrected chi connectivity index (χ3v) is 5.54. The van der Waals surface area contributed by atoms with Crippen LogP contribution in [0.2, 0.25) is 0 Å². The van der Waals surface area contributed by atoms with Gasteiger partial charge in [-0.15, -0.1) is 0 Å². The van der Waals surface area contributed by atoms with Gasteiger partial charge >= 0.3 is 0 Å². The molecule has 0 aromatic rings. The lowest BCUT2D eigenvalue weighted by Gasteiger charge is -2.14. The molecule has 0 saturated heterocycles. The Kier molecular flexibility index (Phi) is 2.57. The Hall–Kier alpha value is -0.170. The van der Waals surface area contributed by atoms with Gasteiger partial charge in [0, 0.05) is 5.41 Å². The highest BCUT2D eigenvalue weighted by Crippen LogP contribution is 2.72. The van der Waals surface area contributed by atoms with Crippen LogP contribution in [0, 0.1) is 11.3 Å². The summed E-state index contributed by atoms with van der Waals surface area (Å²) >= 11 is 0. The monoisotopic (exact) mass is 227 g/mol. The lowest BCUT2D eigenvalue weighted by Crippen LogP contribution is -2.03. The molecule has 0 heterocycles. The Morgan fingerprint density at radius 3 is 2.47 bits per heavy atom. The first-order valence-electron chi connectivity index (χ1n) is 5.55. The number of allylic oxidation sites excluding steroid dienone is 3. The van der Waals surface area contributed by atoms with Gasteiger partial charge in [0.1, 0.15) is 11.5 Å². The molecule has 3 heteroatoms. The van der Waals surface area contributed by atoms with E-state index in [2.05, 4.69) is 6.58 Å². The minimum atomic E-state index is -2.85. The molecule has 2 rings (SSSR count). The van der Waals surface area contributed by atoms with E-state index in [-0.39, 0.29) is 5.41 Å². The third-order valence-electron chi connectivity index (χ3n) is 3.18. The predicted molar refractivity (Wildman–Crippen MR) is 64.6 cm³/mol. The van der Waals surface area contributed by atoms with Gasteiger partial charge in [0.05, 0.1) is 0 Å². The lowest BCUT2D eigenvalue weighted by molar-refractivity contribution is 0.457. The van der Waals surface area contributed by atoms with Gasteiger partial charge in [0.2, 0.25) is 0 Å². The van der Waals surface area contributed by atoms with Crippen molar-refractivity contribution in [2.45, 2.75) is 33.1 Å². The quantitative estimate of drug-likeness (QED) is 0.559. The summed E-state index contributed by atoms with van der Waals surface area (Å²) in [5.74, 6) is 0.777. The summed E-state index contributed by atoms with van der Waals surface area (Å²) in [6.07, 6.45) is 5.92. The maximum atomic E-state index is 10.0. The fraction of sp³-hybridized carbons (Fsp3) is 0.667. The Morgan fingerprint density at radius 1 is 1.53 bits per heavy atom. The zero-order chi connectivity index (χ0) is 11.3. The van der Waals surface area contributed by atoms with Crippen molar-refractivity contribution in [1.29, 1.82) is 0 Å². The summed E-state index contributed by atoms with van der Waals surface area (Å²) < 4.78 is 0. The largest absolute Gasteiger partial charge is 0.300 e. The molecule has 0 amide bonds. The molecule has 0 radical (unpaired) electrons. The van der Waals surface area contributed by atoms with Gasteiger partial charge in [0.25, 0.3) is 7.72 Å². The average Bonchev–Trinajstić information content (AvgIpc) is 2.88. The summed E-state index contributed by atoms with van der Waals surface area (Å²) in [6, 6.07) is 0. The van der Waals surface area contributed by atoms with Crippen LogP contribution in [-0.4, -0.2) is 15.9 Å². The number of hydrogen-bond donors (Lipinski definition) is 2. The fourth-order valence-corrected chi connectivity index (χ4v) is 4.44. The number of hydrogen-bond acceptors (Lipinski definition) is 2. The van der Waals surface area contributed by atoms with Crippen LogP contribution in [0.5, 0.6) is 0 Å². The van der Waals surface area contributed by atoms with Crippen molar-refractivity contribution in [2.24, 2.45) is 11.3 Å². The van der Waals surface area contributed by atoms with Crippen LogP contribution in [0.4, 0.5) is 0 Å². The van der Waals surface area contributed by atoms with Crippen LogP contribution < -0.4 is 0 Å². The summed E-state index contributed by atoms with van der Waals surface area (Å²) in [6.45, 7) is 8.00. The van der Waals surface area contributed by atoms with E-state index in [9.17, 15) is 9.79 Å². The highest BCUT2D eigenvalue weighted by Gasteiger charge is 2.56. The molecule has 0 bridgehead atoms. The second-order valence-electron chi connectivity index (χ2n) is 5.54. The average molecular weight is 227 g/mol. The van der Waals surface area contributed by atoms with E-state index in [0.29, 0.717) is 6.16 Å². The van der Waals surface area contributed by atoms with Crippen molar-refractivity contribution in [3.05, 3.63) is 23.5 Å². The van der Waals surface area contributed by atoms with Crippen LogP contribution in [-0.2, 0) is 0 Å². The molecule has 2 aliphatic rings. The smallest absolute Gasteiger partial charge is 0.215 e. The molecule has 1 saturated carbocycles. The van der Waals surface area contributed by atoms with Crippen molar-refractivity contribution >= 4 is 7.72 Å². The normalized spacial score (nSPS) is 23.6. The van der Waals surface area contributed by atoms with E-state index in [1.165, 1.54) is 12.8 Å². The first kappa shape index (κ1) is 11.3. The molecular formula is C12H20O2P+. The molecule has 15 heavy (non-hydrogen) atoms. The van der Waals surface area contributed by atoms with Crippen molar-refractivity contribution in [1.82, 2.24) is 0 Å². The van der Waals surface area contributed by atoms with Crippen LogP contribution >= 0.6 is 7.72 Å². The van der Waals surface area contributed by atoms with Gasteiger partial charge in [-0.1, -0.05) is 6.58 Å². The Balaban J connectivity index is 1.87. The van der Waals surface area contributed by atoms with E-state index < -0.39 is 7.72 Å². The summed E-state index contributed by atoms with van der Waals surface area (Å²) in [5, 5.41) is 0.854. The van der Waals surface area contributed by atoms with E-state index in [1.54, 1.807) is 0 Å². The second kappa shape index (κ2) is 3.41. The van der Waals surface area contributed by atoms with Gasteiger partial charge in [-0.3, -0.25) is 0 Å². The molecule has 84 valence electrons. The van der Waals surface area contributed by atoms with E-state index >= 15 is 0 Å². The Labute approximate surface area is 92.2 Å². The molecule has 0 unspecified atom stereocenters. The lowest BCUT2D eigenvalue weighted by atomic mass is 10.1. The Morgan fingerprint density at radius 2 is 2.07 bits per heavy atom. The second-order valence-corrected chi connectivity index (χ2v) is 7.80. The van der Waals surface area contributed by atoms with Crippen molar-refractivity contribution in [2.75, 3.05) is 6.16 Å².